The van der Waals surface area contributed by atoms with Gasteiger partial charge in [0.1, 0.15) is 5.56 Å². The second-order valence-corrected chi connectivity index (χ2v) is 7.88. The van der Waals surface area contributed by atoms with Gasteiger partial charge in [0.05, 0.1) is 6.10 Å². The Bertz CT molecular complexity index is 882. The average molecular weight is 366 g/mol. The number of amides is 1. The molecular formula is C22H26N2O3. The molecule has 2 aliphatic rings. The molecule has 2 atom stereocenters. The highest BCUT2D eigenvalue weighted by Gasteiger charge is 2.40. The van der Waals surface area contributed by atoms with Crippen molar-refractivity contribution in [2.75, 3.05) is 0 Å². The quantitative estimate of drug-likeness (QED) is 0.874. The number of aryl methyl sites for hydroxylation is 1. The number of nitrogens with zero attached hydrogens (tertiary/aromatic N) is 1. The largest absolute Gasteiger partial charge is 0.393 e. The molecule has 2 saturated carbocycles. The lowest BCUT2D eigenvalue weighted by molar-refractivity contribution is 0.0943. The van der Waals surface area contributed by atoms with Gasteiger partial charge in [0.2, 0.25) is 0 Å². The summed E-state index contributed by atoms with van der Waals surface area (Å²) in [6.07, 6.45) is 5.38. The predicted octanol–water partition coefficient (Wildman–Crippen LogP) is 2.92. The van der Waals surface area contributed by atoms with Crippen LogP contribution >= 0.6 is 0 Å². The van der Waals surface area contributed by atoms with Gasteiger partial charge >= 0.3 is 0 Å². The van der Waals surface area contributed by atoms with Gasteiger partial charge in [0, 0.05) is 24.2 Å². The van der Waals surface area contributed by atoms with Crippen molar-refractivity contribution < 1.29 is 9.90 Å². The van der Waals surface area contributed by atoms with E-state index in [0.29, 0.717) is 24.3 Å². The molecule has 0 radical (unpaired) electrons. The molecular weight excluding hydrogens is 340 g/mol. The number of rotatable bonds is 4. The predicted molar refractivity (Wildman–Crippen MR) is 104 cm³/mol. The lowest BCUT2D eigenvalue weighted by Crippen LogP contribution is -2.37. The summed E-state index contributed by atoms with van der Waals surface area (Å²) in [5.41, 5.74) is 1.97. The molecule has 0 bridgehead atoms. The number of pyridine rings is 1. The van der Waals surface area contributed by atoms with Crippen LogP contribution in [0.1, 0.15) is 65.5 Å². The van der Waals surface area contributed by atoms with E-state index in [1.54, 1.807) is 10.8 Å². The summed E-state index contributed by atoms with van der Waals surface area (Å²) >= 11 is 0. The number of nitrogens with one attached hydrogen (secondary N) is 1. The highest BCUT2D eigenvalue weighted by Crippen LogP contribution is 2.40. The Morgan fingerprint density at radius 2 is 1.81 bits per heavy atom. The maximum atomic E-state index is 13.0. The third-order valence-corrected chi connectivity index (χ3v) is 5.95. The molecule has 5 nitrogen and oxygen atoms in total. The molecule has 4 rings (SSSR count). The summed E-state index contributed by atoms with van der Waals surface area (Å²) in [7, 11) is 0. The maximum Gasteiger partial charge on any atom is 0.263 e. The number of aliphatic hydroxyl groups is 1. The van der Waals surface area contributed by atoms with E-state index in [0.717, 1.165) is 19.3 Å². The zero-order valence-electron chi connectivity index (χ0n) is 15.6. The van der Waals surface area contributed by atoms with Gasteiger partial charge in [-0.3, -0.25) is 9.59 Å². The van der Waals surface area contributed by atoms with Crippen LogP contribution in [0.4, 0.5) is 0 Å². The molecule has 1 aromatic carbocycles. The first-order valence-corrected chi connectivity index (χ1v) is 9.80. The van der Waals surface area contributed by atoms with E-state index in [1.165, 1.54) is 5.56 Å². The fourth-order valence-corrected chi connectivity index (χ4v) is 4.20. The van der Waals surface area contributed by atoms with E-state index in [-0.39, 0.29) is 35.2 Å². The zero-order valence-corrected chi connectivity index (χ0v) is 15.6. The van der Waals surface area contributed by atoms with Crippen LogP contribution < -0.4 is 10.9 Å². The van der Waals surface area contributed by atoms with Gasteiger partial charge in [0.25, 0.3) is 11.5 Å². The number of aliphatic hydroxyl groups excluding tert-OH is 1. The van der Waals surface area contributed by atoms with Crippen molar-refractivity contribution in [2.24, 2.45) is 0 Å². The Morgan fingerprint density at radius 3 is 2.52 bits per heavy atom. The topological polar surface area (TPSA) is 71.3 Å². The number of hydrogen-bond donors (Lipinski definition) is 2. The summed E-state index contributed by atoms with van der Waals surface area (Å²) in [5, 5.41) is 12.7. The van der Waals surface area contributed by atoms with Crippen molar-refractivity contribution in [3.8, 4) is 0 Å². The van der Waals surface area contributed by atoms with Gasteiger partial charge in [-0.1, -0.05) is 30.3 Å². The lowest BCUT2D eigenvalue weighted by atomic mass is 9.92. The van der Waals surface area contributed by atoms with Crippen LogP contribution in [0.5, 0.6) is 0 Å². The standard InChI is InChI=1S/C22H26N2O3/c1-14-11-12-24(16-7-9-17(25)10-8-16)22(27)20(14)21(26)23-19-13-18(19)15-5-3-2-4-6-15/h2-6,11-12,16-19,25H,7-10,13H2,1H3,(H,23,26)/t16?,17?,18-,19+/m0/s1. The van der Waals surface area contributed by atoms with Crippen LogP contribution in [0.3, 0.4) is 0 Å². The average Bonchev–Trinajstić information content (AvgIpc) is 3.43. The van der Waals surface area contributed by atoms with E-state index < -0.39 is 0 Å². The van der Waals surface area contributed by atoms with Gasteiger partial charge < -0.3 is 15.0 Å². The molecule has 0 saturated heterocycles. The highest BCUT2D eigenvalue weighted by molar-refractivity contribution is 5.95. The molecule has 2 aromatic rings. The normalized spacial score (nSPS) is 27.2. The minimum Gasteiger partial charge on any atom is -0.393 e. The second kappa shape index (κ2) is 7.31. The van der Waals surface area contributed by atoms with Gasteiger partial charge in [-0.2, -0.15) is 0 Å². The molecule has 0 spiro atoms. The van der Waals surface area contributed by atoms with Crippen molar-refractivity contribution in [1.82, 2.24) is 9.88 Å². The Hall–Kier alpha value is -2.40. The molecule has 0 aliphatic heterocycles. The van der Waals surface area contributed by atoms with Crippen LogP contribution in [0.25, 0.3) is 0 Å². The van der Waals surface area contributed by atoms with Gasteiger partial charge in [-0.15, -0.1) is 0 Å². The van der Waals surface area contributed by atoms with Crippen LogP contribution in [-0.4, -0.2) is 27.7 Å². The van der Waals surface area contributed by atoms with E-state index in [1.807, 2.05) is 31.2 Å². The van der Waals surface area contributed by atoms with Crippen LogP contribution in [0.15, 0.2) is 47.4 Å². The van der Waals surface area contributed by atoms with E-state index in [4.69, 9.17) is 0 Å². The number of benzene rings is 1. The molecule has 27 heavy (non-hydrogen) atoms. The summed E-state index contributed by atoms with van der Waals surface area (Å²) < 4.78 is 1.69. The van der Waals surface area contributed by atoms with Crippen LogP contribution in [0, 0.1) is 6.92 Å². The molecule has 142 valence electrons. The van der Waals surface area contributed by atoms with Crippen molar-refractivity contribution >= 4 is 5.91 Å². The van der Waals surface area contributed by atoms with E-state index in [9.17, 15) is 14.7 Å². The van der Waals surface area contributed by atoms with Gasteiger partial charge in [-0.25, -0.2) is 0 Å². The zero-order chi connectivity index (χ0) is 19.0. The molecule has 2 fully saturated rings. The molecule has 2 N–H and O–H groups in total. The summed E-state index contributed by atoms with van der Waals surface area (Å²) in [6.45, 7) is 1.81. The van der Waals surface area contributed by atoms with Crippen LogP contribution in [0.2, 0.25) is 0 Å². The van der Waals surface area contributed by atoms with E-state index in [2.05, 4.69) is 17.4 Å². The third kappa shape index (κ3) is 3.69. The summed E-state index contributed by atoms with van der Waals surface area (Å²) in [5.74, 6) is 0.0624. The molecule has 0 unspecified atom stereocenters. The van der Waals surface area contributed by atoms with Crippen molar-refractivity contribution in [1.29, 1.82) is 0 Å². The third-order valence-electron chi connectivity index (χ3n) is 5.95. The smallest absolute Gasteiger partial charge is 0.263 e. The van der Waals surface area contributed by atoms with Crippen molar-refractivity contribution in [3.63, 3.8) is 0 Å². The first-order chi connectivity index (χ1) is 13.0. The number of carbonyl (C=O) groups excluding carboxylic acids is 1. The Balaban J connectivity index is 1.51. The number of hydrogen-bond acceptors (Lipinski definition) is 3. The van der Waals surface area contributed by atoms with E-state index >= 15 is 0 Å². The molecule has 5 heteroatoms. The highest BCUT2D eigenvalue weighted by atomic mass is 16.3. The molecule has 1 amide bonds. The first kappa shape index (κ1) is 18.0. The molecule has 2 aliphatic carbocycles. The Labute approximate surface area is 159 Å². The number of aromatic nitrogens is 1. The Kier molecular flexibility index (Phi) is 4.87. The maximum absolute atomic E-state index is 13.0. The monoisotopic (exact) mass is 366 g/mol. The minimum atomic E-state index is -0.272. The van der Waals surface area contributed by atoms with Crippen molar-refractivity contribution in [3.05, 3.63) is 69.6 Å². The second-order valence-electron chi connectivity index (χ2n) is 7.88. The molecule has 1 heterocycles. The Morgan fingerprint density at radius 1 is 1.11 bits per heavy atom. The minimum absolute atomic E-state index is 0.0612. The van der Waals surface area contributed by atoms with Crippen molar-refractivity contribution in [2.45, 2.75) is 63.1 Å². The van der Waals surface area contributed by atoms with Gasteiger partial charge in [-0.05, 0) is 56.2 Å². The molecule has 1 aromatic heterocycles. The fourth-order valence-electron chi connectivity index (χ4n) is 4.20. The number of carbonyl (C=O) groups is 1. The summed E-state index contributed by atoms with van der Waals surface area (Å²) in [6, 6.07) is 12.2. The summed E-state index contributed by atoms with van der Waals surface area (Å²) in [4.78, 5) is 25.8. The lowest BCUT2D eigenvalue weighted by Gasteiger charge is -2.27. The SMILES string of the molecule is Cc1ccn(C2CCC(O)CC2)c(=O)c1C(=O)N[C@@H]1C[C@H]1c1ccccc1. The fraction of sp³-hybridized carbons (Fsp3) is 0.455. The first-order valence-electron chi connectivity index (χ1n) is 9.80. The van der Waals surface area contributed by atoms with Crippen LogP contribution in [-0.2, 0) is 0 Å². The van der Waals surface area contributed by atoms with Gasteiger partial charge in [0.15, 0.2) is 0 Å².